The van der Waals surface area contributed by atoms with Crippen LogP contribution in [0.2, 0.25) is 0 Å². The van der Waals surface area contributed by atoms with Crippen LogP contribution in [0.3, 0.4) is 0 Å². The summed E-state index contributed by atoms with van der Waals surface area (Å²) in [5.41, 5.74) is 0.477. The number of carbonyl (C=O) groups is 1. The lowest BCUT2D eigenvalue weighted by Gasteiger charge is -2.26. The number of aryl methyl sites for hydroxylation is 1. The fourth-order valence-electron chi connectivity index (χ4n) is 2.91. The van der Waals surface area contributed by atoms with E-state index in [0.29, 0.717) is 18.8 Å². The molecule has 3 rings (SSSR count). The Bertz CT molecular complexity index is 905. The summed E-state index contributed by atoms with van der Waals surface area (Å²) in [7, 11) is -1.65. The van der Waals surface area contributed by atoms with Gasteiger partial charge in [-0.25, -0.2) is 13.4 Å². The van der Waals surface area contributed by atoms with Crippen molar-refractivity contribution in [3.63, 3.8) is 0 Å². The first kappa shape index (κ1) is 19.9. The van der Waals surface area contributed by atoms with Crippen molar-refractivity contribution in [3.05, 3.63) is 36.7 Å². The predicted octanol–water partition coefficient (Wildman–Crippen LogP) is 2.71. The Balaban J connectivity index is 1.70. The first-order valence-corrected chi connectivity index (χ1v) is 11.2. The number of piperidine rings is 1. The van der Waals surface area contributed by atoms with Gasteiger partial charge in [-0.05, 0) is 38.0 Å². The van der Waals surface area contributed by atoms with Crippen molar-refractivity contribution >= 4 is 33.4 Å². The molecule has 7 nitrogen and oxygen atoms in total. The summed E-state index contributed by atoms with van der Waals surface area (Å²) in [4.78, 5) is 16.9. The van der Waals surface area contributed by atoms with Crippen LogP contribution in [0.15, 0.2) is 46.7 Å². The van der Waals surface area contributed by atoms with Crippen molar-refractivity contribution < 1.29 is 13.2 Å². The summed E-state index contributed by atoms with van der Waals surface area (Å²) >= 11 is 1.35. The second kappa shape index (κ2) is 8.45. The van der Waals surface area contributed by atoms with E-state index in [1.165, 1.54) is 22.1 Å². The Morgan fingerprint density at radius 3 is 2.67 bits per heavy atom. The van der Waals surface area contributed by atoms with Gasteiger partial charge in [0, 0.05) is 38.2 Å². The summed E-state index contributed by atoms with van der Waals surface area (Å²) in [5, 5.41) is 3.19. The monoisotopic (exact) mass is 408 g/mol. The third kappa shape index (κ3) is 4.72. The smallest absolute Gasteiger partial charge is 0.243 e. The van der Waals surface area contributed by atoms with Gasteiger partial charge in [-0.2, -0.15) is 4.31 Å². The highest BCUT2D eigenvalue weighted by Gasteiger charge is 2.26. The molecule has 1 saturated heterocycles. The molecule has 2 aromatic rings. The molecule has 2 heterocycles. The van der Waals surface area contributed by atoms with Gasteiger partial charge in [-0.3, -0.25) is 4.79 Å². The van der Waals surface area contributed by atoms with Gasteiger partial charge in [-0.15, -0.1) is 0 Å². The van der Waals surface area contributed by atoms with Crippen LogP contribution in [0.25, 0.3) is 0 Å². The fourth-order valence-corrected chi connectivity index (χ4v) is 5.30. The number of benzene rings is 1. The van der Waals surface area contributed by atoms with Crippen LogP contribution in [0.1, 0.15) is 26.2 Å². The molecule has 27 heavy (non-hydrogen) atoms. The first-order valence-electron chi connectivity index (χ1n) is 8.93. The van der Waals surface area contributed by atoms with Crippen LogP contribution < -0.4 is 5.32 Å². The Hall–Kier alpha value is -1.84. The van der Waals surface area contributed by atoms with E-state index in [0.717, 1.165) is 24.4 Å². The number of amides is 1. The zero-order valence-corrected chi connectivity index (χ0v) is 17.1. The fraction of sp³-hybridized carbons (Fsp3) is 0.444. The molecule has 1 aliphatic rings. The van der Waals surface area contributed by atoms with Crippen LogP contribution in [-0.4, -0.2) is 46.5 Å². The van der Waals surface area contributed by atoms with Crippen LogP contribution in [0, 0.1) is 0 Å². The average Bonchev–Trinajstić information content (AvgIpc) is 3.07. The van der Waals surface area contributed by atoms with Gasteiger partial charge >= 0.3 is 0 Å². The van der Waals surface area contributed by atoms with Crippen LogP contribution in [0.5, 0.6) is 0 Å². The Labute approximate surface area is 164 Å². The molecule has 146 valence electrons. The number of thioether (sulfide) groups is 1. The van der Waals surface area contributed by atoms with Crippen molar-refractivity contribution in [1.82, 2.24) is 13.9 Å². The second-order valence-electron chi connectivity index (χ2n) is 6.56. The number of sulfonamides is 1. The lowest BCUT2D eigenvalue weighted by Crippen LogP contribution is -2.35. The van der Waals surface area contributed by atoms with Crippen LogP contribution in [0.4, 0.5) is 5.69 Å². The van der Waals surface area contributed by atoms with E-state index in [1.807, 2.05) is 17.8 Å². The molecule has 0 saturated carbocycles. The lowest BCUT2D eigenvalue weighted by atomic mass is 10.2. The highest BCUT2D eigenvalue weighted by molar-refractivity contribution is 8.00. The zero-order chi connectivity index (χ0) is 19.4. The molecule has 1 aromatic heterocycles. The molecule has 1 N–H and O–H groups in total. The first-order chi connectivity index (χ1) is 12.9. The van der Waals surface area contributed by atoms with Gasteiger partial charge in [0.2, 0.25) is 15.9 Å². The molecule has 0 aliphatic carbocycles. The van der Waals surface area contributed by atoms with E-state index in [-0.39, 0.29) is 16.1 Å². The minimum absolute atomic E-state index is 0.199. The summed E-state index contributed by atoms with van der Waals surface area (Å²) < 4.78 is 29.0. The molecule has 1 fully saturated rings. The number of imidazole rings is 1. The van der Waals surface area contributed by atoms with Gasteiger partial charge in [0.25, 0.3) is 0 Å². The number of nitrogens with one attached hydrogen (secondary N) is 1. The molecule has 9 heteroatoms. The minimum atomic E-state index is -3.52. The topological polar surface area (TPSA) is 84.3 Å². The van der Waals surface area contributed by atoms with E-state index < -0.39 is 10.0 Å². The maximum Gasteiger partial charge on any atom is 0.243 e. The summed E-state index contributed by atoms with van der Waals surface area (Å²) in [6.07, 6.45) is 6.34. The highest BCUT2D eigenvalue weighted by atomic mass is 32.2. The van der Waals surface area contributed by atoms with Crippen LogP contribution in [-0.2, 0) is 21.9 Å². The zero-order valence-electron chi connectivity index (χ0n) is 15.5. The van der Waals surface area contributed by atoms with Crippen molar-refractivity contribution in [1.29, 1.82) is 0 Å². The second-order valence-corrected chi connectivity index (χ2v) is 9.81. The molecule has 1 aliphatic heterocycles. The van der Waals surface area contributed by atoms with Crippen molar-refractivity contribution in [2.75, 3.05) is 18.4 Å². The van der Waals surface area contributed by atoms with Crippen molar-refractivity contribution in [2.24, 2.45) is 7.05 Å². The standard InChI is InChI=1S/C18H24N4O3S2/c1-14(26-18-19-9-12-21(18)2)17(23)20-15-7-6-8-16(13-15)27(24,25)22-10-4-3-5-11-22/h6-9,12-14H,3-5,10-11H2,1-2H3,(H,20,23)/t14-/m1/s1. The molecular weight excluding hydrogens is 384 g/mol. The number of nitrogens with zero attached hydrogens (tertiary/aromatic N) is 3. The molecule has 0 radical (unpaired) electrons. The Kier molecular flexibility index (Phi) is 6.23. The number of carbonyl (C=O) groups excluding carboxylic acids is 1. The van der Waals surface area contributed by atoms with E-state index in [1.54, 1.807) is 31.3 Å². The van der Waals surface area contributed by atoms with Crippen molar-refractivity contribution in [2.45, 2.75) is 41.5 Å². The largest absolute Gasteiger partial charge is 0.329 e. The minimum Gasteiger partial charge on any atom is -0.329 e. The number of hydrogen-bond acceptors (Lipinski definition) is 5. The number of anilines is 1. The third-order valence-electron chi connectivity index (χ3n) is 4.48. The van der Waals surface area contributed by atoms with Gasteiger partial charge in [-0.1, -0.05) is 24.2 Å². The number of aromatic nitrogens is 2. The molecule has 1 atom stereocenters. The molecule has 0 unspecified atom stereocenters. The van der Waals surface area contributed by atoms with Gasteiger partial charge < -0.3 is 9.88 Å². The predicted molar refractivity (Wildman–Crippen MR) is 106 cm³/mol. The summed E-state index contributed by atoms with van der Waals surface area (Å²) in [6.45, 7) is 2.90. The third-order valence-corrected chi connectivity index (χ3v) is 7.55. The number of rotatable bonds is 6. The van der Waals surface area contributed by atoms with Gasteiger partial charge in [0.15, 0.2) is 5.16 Å². The quantitative estimate of drug-likeness (QED) is 0.743. The summed E-state index contributed by atoms with van der Waals surface area (Å²) in [5.74, 6) is -0.199. The van der Waals surface area contributed by atoms with Crippen LogP contribution >= 0.6 is 11.8 Å². The Morgan fingerprint density at radius 1 is 1.26 bits per heavy atom. The van der Waals surface area contributed by atoms with E-state index in [2.05, 4.69) is 10.3 Å². The summed E-state index contributed by atoms with van der Waals surface area (Å²) in [6, 6.07) is 6.46. The maximum atomic E-state index is 12.8. The SMILES string of the molecule is C[C@@H](Sc1nccn1C)C(=O)Nc1cccc(S(=O)(=O)N2CCCCC2)c1. The van der Waals surface area contributed by atoms with E-state index >= 15 is 0 Å². The van der Waals surface area contributed by atoms with E-state index in [9.17, 15) is 13.2 Å². The van der Waals surface area contributed by atoms with Crippen molar-refractivity contribution in [3.8, 4) is 0 Å². The molecule has 0 bridgehead atoms. The molecule has 1 amide bonds. The lowest BCUT2D eigenvalue weighted by molar-refractivity contribution is -0.115. The van der Waals surface area contributed by atoms with E-state index in [4.69, 9.17) is 0 Å². The molecule has 1 aromatic carbocycles. The maximum absolute atomic E-state index is 12.8. The normalized spacial score (nSPS) is 16.8. The van der Waals surface area contributed by atoms with Gasteiger partial charge in [0.05, 0.1) is 10.1 Å². The number of hydrogen-bond donors (Lipinski definition) is 1. The highest BCUT2D eigenvalue weighted by Crippen LogP contribution is 2.25. The molecular formula is C18H24N4O3S2. The molecule has 0 spiro atoms. The Morgan fingerprint density at radius 2 is 2.00 bits per heavy atom. The van der Waals surface area contributed by atoms with Gasteiger partial charge in [0.1, 0.15) is 0 Å². The average molecular weight is 409 g/mol.